The fraction of sp³-hybridized carbons (Fsp3) is 0.0294. The number of rotatable bonds is 4. The van der Waals surface area contributed by atoms with E-state index in [2.05, 4.69) is 102 Å². The number of thiophene rings is 1. The third-order valence-electron chi connectivity index (χ3n) is 7.29. The second-order valence-electron chi connectivity index (χ2n) is 9.77. The van der Waals surface area contributed by atoms with Crippen molar-refractivity contribution in [3.8, 4) is 22.8 Å². The Balaban J connectivity index is 1.30. The molecule has 4 nitrogen and oxygen atoms in total. The third kappa shape index (κ3) is 3.78. The Hall–Kier alpha value is -4.87. The number of fused-ring (bicyclic) bond motifs is 6. The molecule has 0 aliphatic rings. The van der Waals surface area contributed by atoms with E-state index in [-0.39, 0.29) is 0 Å². The Morgan fingerprint density at radius 2 is 1.31 bits per heavy atom. The Kier molecular flexibility index (Phi) is 5.03. The maximum absolute atomic E-state index is 5.05. The third-order valence-corrected chi connectivity index (χ3v) is 8.51. The standard InChI is InChI=1S/C34H22N4S/c1-2-9-22(10-3-1)33-36-31(20-21-17-18-29-27(19-21)23-11-4-6-15-28(23)35-29)37-34(38-33)26-14-8-13-25-24-12-5-7-16-30(24)39-32(25)26/h1-19,35H,20H2. The van der Waals surface area contributed by atoms with E-state index in [1.54, 1.807) is 11.3 Å². The van der Waals surface area contributed by atoms with Crippen molar-refractivity contribution >= 4 is 53.3 Å². The fourth-order valence-corrected chi connectivity index (χ4v) is 6.66. The van der Waals surface area contributed by atoms with Gasteiger partial charge in [0.25, 0.3) is 0 Å². The van der Waals surface area contributed by atoms with Crippen LogP contribution in [0.1, 0.15) is 11.4 Å². The minimum absolute atomic E-state index is 0.618. The summed E-state index contributed by atoms with van der Waals surface area (Å²) in [5, 5.41) is 4.95. The molecular formula is C34H22N4S. The predicted octanol–water partition coefficient (Wildman–Crippen LogP) is 8.80. The highest BCUT2D eigenvalue weighted by Crippen LogP contribution is 2.39. The van der Waals surface area contributed by atoms with Gasteiger partial charge in [-0.05, 0) is 35.9 Å². The Morgan fingerprint density at radius 3 is 2.23 bits per heavy atom. The summed E-state index contributed by atoms with van der Waals surface area (Å²) in [5.74, 6) is 2.17. The van der Waals surface area contributed by atoms with Crippen LogP contribution in [0.2, 0.25) is 0 Å². The van der Waals surface area contributed by atoms with Gasteiger partial charge in [-0.25, -0.2) is 15.0 Å². The summed E-state index contributed by atoms with van der Waals surface area (Å²) in [7, 11) is 0. The highest BCUT2D eigenvalue weighted by Gasteiger charge is 2.16. The SMILES string of the molecule is c1ccc(-c2nc(Cc3ccc4[nH]c5ccccc5c4c3)nc(-c3cccc4c3sc3ccccc34)n2)cc1. The zero-order valence-electron chi connectivity index (χ0n) is 20.9. The number of aromatic nitrogens is 4. The quantitative estimate of drug-likeness (QED) is 0.253. The maximum atomic E-state index is 5.05. The van der Waals surface area contributed by atoms with Gasteiger partial charge in [0, 0.05) is 59.5 Å². The summed E-state index contributed by atoms with van der Waals surface area (Å²) in [5.41, 5.74) is 5.48. The predicted molar refractivity (Wildman–Crippen MR) is 162 cm³/mol. The van der Waals surface area contributed by atoms with Crippen LogP contribution in [0.5, 0.6) is 0 Å². The second kappa shape index (κ2) is 8.86. The lowest BCUT2D eigenvalue weighted by Gasteiger charge is -2.09. The first kappa shape index (κ1) is 22.1. The van der Waals surface area contributed by atoms with Crippen LogP contribution in [0.15, 0.2) is 115 Å². The summed E-state index contributed by atoms with van der Waals surface area (Å²) < 4.78 is 2.47. The van der Waals surface area contributed by atoms with Gasteiger partial charge in [0.1, 0.15) is 5.82 Å². The monoisotopic (exact) mass is 518 g/mol. The lowest BCUT2D eigenvalue weighted by atomic mass is 10.1. The van der Waals surface area contributed by atoms with Gasteiger partial charge in [0.05, 0.1) is 0 Å². The average molecular weight is 519 g/mol. The number of aromatic amines is 1. The average Bonchev–Trinajstić information content (AvgIpc) is 3.56. The van der Waals surface area contributed by atoms with Crippen molar-refractivity contribution in [3.63, 3.8) is 0 Å². The number of hydrogen-bond acceptors (Lipinski definition) is 4. The number of benzene rings is 5. The molecule has 0 unspecified atom stereocenters. The molecule has 5 heteroatoms. The smallest absolute Gasteiger partial charge is 0.165 e. The van der Waals surface area contributed by atoms with Crippen molar-refractivity contribution < 1.29 is 0 Å². The molecule has 3 aromatic heterocycles. The summed E-state index contributed by atoms with van der Waals surface area (Å²) in [6.45, 7) is 0. The molecular weight excluding hydrogens is 496 g/mol. The molecule has 0 radical (unpaired) electrons. The van der Waals surface area contributed by atoms with E-state index < -0.39 is 0 Å². The molecule has 0 bridgehead atoms. The van der Waals surface area contributed by atoms with E-state index in [4.69, 9.17) is 15.0 Å². The zero-order valence-corrected chi connectivity index (χ0v) is 21.7. The van der Waals surface area contributed by atoms with Crippen LogP contribution in [-0.2, 0) is 6.42 Å². The molecule has 0 aliphatic carbocycles. The molecule has 0 fully saturated rings. The van der Waals surface area contributed by atoms with Crippen molar-refractivity contribution in [1.82, 2.24) is 19.9 Å². The fourth-order valence-electron chi connectivity index (χ4n) is 5.45. The van der Waals surface area contributed by atoms with Gasteiger partial charge < -0.3 is 4.98 Å². The Bertz CT molecular complexity index is 2160. The normalized spacial score (nSPS) is 11.7. The molecule has 8 aromatic rings. The topological polar surface area (TPSA) is 54.5 Å². The Labute approximate surface area is 228 Å². The van der Waals surface area contributed by atoms with Gasteiger partial charge >= 0.3 is 0 Å². The molecule has 8 rings (SSSR count). The first-order chi connectivity index (χ1) is 19.3. The number of hydrogen-bond donors (Lipinski definition) is 1. The lowest BCUT2D eigenvalue weighted by Crippen LogP contribution is -2.04. The van der Waals surface area contributed by atoms with Gasteiger partial charge in [-0.15, -0.1) is 11.3 Å². The first-order valence-electron chi connectivity index (χ1n) is 13.0. The van der Waals surface area contributed by atoms with Gasteiger partial charge in [-0.3, -0.25) is 0 Å². The maximum Gasteiger partial charge on any atom is 0.165 e. The van der Waals surface area contributed by atoms with Crippen LogP contribution >= 0.6 is 11.3 Å². The number of nitrogens with zero attached hydrogens (tertiary/aromatic N) is 3. The molecule has 1 N–H and O–H groups in total. The van der Waals surface area contributed by atoms with E-state index in [0.717, 1.165) is 28.0 Å². The highest BCUT2D eigenvalue weighted by molar-refractivity contribution is 7.26. The van der Waals surface area contributed by atoms with E-state index in [0.29, 0.717) is 18.1 Å². The van der Waals surface area contributed by atoms with Crippen LogP contribution in [0.4, 0.5) is 0 Å². The van der Waals surface area contributed by atoms with Gasteiger partial charge in [-0.2, -0.15) is 0 Å². The number of para-hydroxylation sites is 1. The molecule has 0 spiro atoms. The summed E-state index contributed by atoms with van der Waals surface area (Å²) in [6, 6.07) is 40.2. The molecule has 184 valence electrons. The van der Waals surface area contributed by atoms with Crippen molar-refractivity contribution in [2.75, 3.05) is 0 Å². The summed E-state index contributed by atoms with van der Waals surface area (Å²) >= 11 is 1.79. The second-order valence-corrected chi connectivity index (χ2v) is 10.8. The van der Waals surface area contributed by atoms with E-state index in [1.807, 2.05) is 18.2 Å². The minimum Gasteiger partial charge on any atom is -0.355 e. The molecule has 3 heterocycles. The van der Waals surface area contributed by atoms with Crippen LogP contribution in [-0.4, -0.2) is 19.9 Å². The van der Waals surface area contributed by atoms with E-state index in [9.17, 15) is 0 Å². The zero-order chi connectivity index (χ0) is 25.8. The highest BCUT2D eigenvalue weighted by atomic mass is 32.1. The largest absolute Gasteiger partial charge is 0.355 e. The van der Waals surface area contributed by atoms with Crippen LogP contribution in [0.3, 0.4) is 0 Å². The van der Waals surface area contributed by atoms with Crippen molar-refractivity contribution in [1.29, 1.82) is 0 Å². The first-order valence-corrected chi connectivity index (χ1v) is 13.8. The molecule has 0 aliphatic heterocycles. The molecule has 0 saturated carbocycles. The van der Waals surface area contributed by atoms with E-state index in [1.165, 1.54) is 36.5 Å². The molecule has 0 amide bonds. The molecule has 5 aromatic carbocycles. The van der Waals surface area contributed by atoms with Crippen molar-refractivity contribution in [3.05, 3.63) is 127 Å². The Morgan fingerprint density at radius 1 is 0.564 bits per heavy atom. The molecule has 0 atom stereocenters. The summed E-state index contributed by atoms with van der Waals surface area (Å²) in [4.78, 5) is 18.5. The summed E-state index contributed by atoms with van der Waals surface area (Å²) in [6.07, 6.45) is 0.618. The van der Waals surface area contributed by atoms with E-state index >= 15 is 0 Å². The number of H-pyrrole nitrogens is 1. The van der Waals surface area contributed by atoms with Crippen molar-refractivity contribution in [2.45, 2.75) is 6.42 Å². The van der Waals surface area contributed by atoms with Gasteiger partial charge in [0.15, 0.2) is 11.6 Å². The minimum atomic E-state index is 0.618. The van der Waals surface area contributed by atoms with Crippen molar-refractivity contribution in [2.24, 2.45) is 0 Å². The van der Waals surface area contributed by atoms with Crippen LogP contribution < -0.4 is 0 Å². The lowest BCUT2D eigenvalue weighted by molar-refractivity contribution is 0.934. The molecule has 0 saturated heterocycles. The van der Waals surface area contributed by atoms with Crippen LogP contribution in [0.25, 0.3) is 64.8 Å². The van der Waals surface area contributed by atoms with Crippen LogP contribution in [0, 0.1) is 0 Å². The van der Waals surface area contributed by atoms with Gasteiger partial charge in [-0.1, -0.05) is 84.9 Å². The molecule has 39 heavy (non-hydrogen) atoms. The number of nitrogens with one attached hydrogen (secondary N) is 1. The van der Waals surface area contributed by atoms with Gasteiger partial charge in [0.2, 0.25) is 0 Å².